The molecule has 1 atom stereocenters. The van der Waals surface area contributed by atoms with Gasteiger partial charge in [0, 0.05) is 18.0 Å². The van der Waals surface area contributed by atoms with Crippen molar-refractivity contribution in [1.82, 2.24) is 5.32 Å². The molecule has 0 fully saturated rings. The predicted octanol–water partition coefficient (Wildman–Crippen LogP) is 2.64. The Morgan fingerprint density at radius 3 is 2.58 bits per heavy atom. The zero-order valence-electron chi connectivity index (χ0n) is 12.0. The summed E-state index contributed by atoms with van der Waals surface area (Å²) in [6.45, 7) is 9.32. The normalized spacial score (nSPS) is 13.5. The van der Waals surface area contributed by atoms with Crippen molar-refractivity contribution in [2.45, 2.75) is 46.8 Å². The summed E-state index contributed by atoms with van der Waals surface area (Å²) in [6, 6.07) is 1.70. The summed E-state index contributed by atoms with van der Waals surface area (Å²) in [5.41, 5.74) is 1.10. The summed E-state index contributed by atoms with van der Waals surface area (Å²) in [7, 11) is 0. The summed E-state index contributed by atoms with van der Waals surface area (Å²) < 4.78 is 0. The summed E-state index contributed by atoms with van der Waals surface area (Å²) >= 11 is 1.29. The van der Waals surface area contributed by atoms with Crippen molar-refractivity contribution in [1.29, 1.82) is 0 Å². The number of carbonyl (C=O) groups is 1. The fraction of sp³-hybridized carbons (Fsp3) is 0.643. The predicted molar refractivity (Wildman–Crippen MR) is 77.8 cm³/mol. The van der Waals surface area contributed by atoms with Gasteiger partial charge in [-0.05, 0) is 30.4 Å². The van der Waals surface area contributed by atoms with Crippen LogP contribution in [0, 0.1) is 12.3 Å². The van der Waals surface area contributed by atoms with E-state index in [4.69, 9.17) is 5.11 Å². The fourth-order valence-electron chi connectivity index (χ4n) is 1.95. The number of hydrogen-bond acceptors (Lipinski definition) is 4. The first-order chi connectivity index (χ1) is 8.69. The van der Waals surface area contributed by atoms with E-state index in [-0.39, 0.29) is 11.5 Å². The van der Waals surface area contributed by atoms with Gasteiger partial charge in [-0.2, -0.15) is 0 Å². The maximum atomic E-state index is 10.9. The van der Waals surface area contributed by atoms with Crippen LogP contribution in [0.2, 0.25) is 0 Å². The van der Waals surface area contributed by atoms with E-state index in [2.05, 4.69) is 26.1 Å². The van der Waals surface area contributed by atoms with Crippen molar-refractivity contribution in [2.75, 3.05) is 6.54 Å². The average Bonchev–Trinajstić information content (AvgIpc) is 2.58. The lowest BCUT2D eigenvalue weighted by Crippen LogP contribution is -2.29. The topological polar surface area (TPSA) is 69.6 Å². The molecule has 1 aromatic heterocycles. The highest BCUT2D eigenvalue weighted by Crippen LogP contribution is 2.22. The molecule has 1 heterocycles. The van der Waals surface area contributed by atoms with Crippen LogP contribution in [0.4, 0.5) is 0 Å². The molecule has 0 radical (unpaired) electrons. The Kier molecular flexibility index (Phi) is 5.52. The van der Waals surface area contributed by atoms with E-state index in [1.807, 2.05) is 6.92 Å². The number of aliphatic hydroxyl groups excluding tert-OH is 1. The highest BCUT2D eigenvalue weighted by atomic mass is 32.1. The van der Waals surface area contributed by atoms with Crippen LogP contribution < -0.4 is 5.32 Å². The second kappa shape index (κ2) is 6.50. The Balaban J connectivity index is 2.43. The third-order valence-electron chi connectivity index (χ3n) is 2.77. The van der Waals surface area contributed by atoms with Gasteiger partial charge < -0.3 is 15.5 Å². The average molecular weight is 285 g/mol. The van der Waals surface area contributed by atoms with E-state index in [1.165, 1.54) is 11.3 Å². The van der Waals surface area contributed by atoms with Gasteiger partial charge in [0.2, 0.25) is 0 Å². The Labute approximate surface area is 118 Å². The molecule has 0 aliphatic carbocycles. The van der Waals surface area contributed by atoms with Crippen molar-refractivity contribution in [2.24, 2.45) is 5.41 Å². The number of aryl methyl sites for hydroxylation is 1. The molecule has 0 bridgehead atoms. The van der Waals surface area contributed by atoms with Crippen LogP contribution >= 0.6 is 11.3 Å². The lowest BCUT2D eigenvalue weighted by atomic mass is 9.89. The number of aliphatic hydroxyl groups is 1. The maximum Gasteiger partial charge on any atom is 0.345 e. The molecule has 19 heavy (non-hydrogen) atoms. The number of rotatable bonds is 6. The first kappa shape index (κ1) is 16.1. The second-order valence-electron chi connectivity index (χ2n) is 6.05. The molecule has 0 spiro atoms. The van der Waals surface area contributed by atoms with Crippen LogP contribution in [0.5, 0.6) is 0 Å². The van der Waals surface area contributed by atoms with Crippen molar-refractivity contribution in [3.63, 3.8) is 0 Å². The number of carboxylic acids is 1. The lowest BCUT2D eigenvalue weighted by molar-refractivity contribution is 0.0702. The molecule has 0 amide bonds. The zero-order valence-corrected chi connectivity index (χ0v) is 12.8. The second-order valence-corrected chi connectivity index (χ2v) is 7.30. The molecule has 4 nitrogen and oxygen atoms in total. The van der Waals surface area contributed by atoms with Crippen molar-refractivity contribution >= 4 is 17.3 Å². The van der Waals surface area contributed by atoms with Gasteiger partial charge >= 0.3 is 5.97 Å². The number of hydrogen-bond donors (Lipinski definition) is 3. The SMILES string of the molecule is Cc1sc(C(=O)O)cc1CNCC(O)CC(C)(C)C. The minimum absolute atomic E-state index is 0.107. The molecule has 1 rings (SSSR count). The van der Waals surface area contributed by atoms with Crippen molar-refractivity contribution in [3.05, 3.63) is 21.4 Å². The minimum atomic E-state index is -0.882. The first-order valence-corrected chi connectivity index (χ1v) is 7.22. The number of nitrogens with one attached hydrogen (secondary N) is 1. The molecule has 1 unspecified atom stereocenters. The van der Waals surface area contributed by atoms with Crippen molar-refractivity contribution < 1.29 is 15.0 Å². The van der Waals surface area contributed by atoms with E-state index in [1.54, 1.807) is 6.07 Å². The zero-order chi connectivity index (χ0) is 14.6. The van der Waals surface area contributed by atoms with Crippen LogP contribution in [0.3, 0.4) is 0 Å². The molecule has 0 aliphatic heterocycles. The number of aromatic carboxylic acids is 1. The molecule has 0 aliphatic rings. The van der Waals surface area contributed by atoms with Gasteiger partial charge in [0.25, 0.3) is 0 Å². The number of thiophene rings is 1. The summed E-state index contributed by atoms with van der Waals surface area (Å²) in [5.74, 6) is -0.882. The molecule has 1 aromatic rings. The van der Waals surface area contributed by atoms with Crippen LogP contribution in [-0.2, 0) is 6.54 Å². The first-order valence-electron chi connectivity index (χ1n) is 6.40. The lowest BCUT2D eigenvalue weighted by Gasteiger charge is -2.22. The highest BCUT2D eigenvalue weighted by molar-refractivity contribution is 7.14. The molecule has 0 saturated carbocycles. The molecule has 108 valence electrons. The van der Waals surface area contributed by atoms with Crippen LogP contribution in [0.15, 0.2) is 6.07 Å². The van der Waals surface area contributed by atoms with E-state index in [9.17, 15) is 9.90 Å². The Hall–Kier alpha value is -0.910. The van der Waals surface area contributed by atoms with Gasteiger partial charge in [0.15, 0.2) is 0 Å². The van der Waals surface area contributed by atoms with Gasteiger partial charge in [-0.15, -0.1) is 11.3 Å². The Bertz CT molecular complexity index is 434. The maximum absolute atomic E-state index is 10.9. The van der Waals surface area contributed by atoms with E-state index >= 15 is 0 Å². The van der Waals surface area contributed by atoms with Crippen LogP contribution in [0.25, 0.3) is 0 Å². The smallest absolute Gasteiger partial charge is 0.345 e. The standard InChI is InChI=1S/C14H23NO3S/c1-9-10(5-12(19-9)13(17)18)7-15-8-11(16)6-14(2,3)4/h5,11,15-16H,6-8H2,1-4H3,(H,17,18). The molecule has 3 N–H and O–H groups in total. The third kappa shape index (κ3) is 5.72. The Morgan fingerprint density at radius 2 is 2.11 bits per heavy atom. The van der Waals surface area contributed by atoms with Crippen molar-refractivity contribution in [3.8, 4) is 0 Å². The molecule has 0 aromatic carbocycles. The quantitative estimate of drug-likeness (QED) is 0.751. The molecule has 0 saturated heterocycles. The van der Waals surface area contributed by atoms with Gasteiger partial charge in [0.05, 0.1) is 6.10 Å². The third-order valence-corrected chi connectivity index (χ3v) is 3.86. The van der Waals surface area contributed by atoms with Gasteiger partial charge in [0.1, 0.15) is 4.88 Å². The van der Waals surface area contributed by atoms with Gasteiger partial charge in [-0.3, -0.25) is 0 Å². The molecular weight excluding hydrogens is 262 g/mol. The summed E-state index contributed by atoms with van der Waals surface area (Å²) in [5, 5.41) is 22.0. The van der Waals surface area contributed by atoms with E-state index in [0.29, 0.717) is 18.0 Å². The monoisotopic (exact) mass is 285 g/mol. The summed E-state index contributed by atoms with van der Waals surface area (Å²) in [6.07, 6.45) is 0.362. The van der Waals surface area contributed by atoms with Crippen LogP contribution in [0.1, 0.15) is 47.3 Å². The molecule has 5 heteroatoms. The van der Waals surface area contributed by atoms with E-state index in [0.717, 1.165) is 16.9 Å². The Morgan fingerprint density at radius 1 is 1.47 bits per heavy atom. The van der Waals surface area contributed by atoms with Gasteiger partial charge in [-0.1, -0.05) is 20.8 Å². The van der Waals surface area contributed by atoms with Gasteiger partial charge in [-0.25, -0.2) is 4.79 Å². The largest absolute Gasteiger partial charge is 0.477 e. The summed E-state index contributed by atoms with van der Waals surface area (Å²) in [4.78, 5) is 12.2. The molecular formula is C14H23NO3S. The number of carboxylic acid groups (broad SMARTS) is 1. The fourth-order valence-corrected chi connectivity index (χ4v) is 2.83. The minimum Gasteiger partial charge on any atom is -0.477 e. The highest BCUT2D eigenvalue weighted by Gasteiger charge is 2.16. The van der Waals surface area contributed by atoms with E-state index < -0.39 is 5.97 Å². The van der Waals surface area contributed by atoms with Crippen LogP contribution in [-0.4, -0.2) is 28.8 Å².